The van der Waals surface area contributed by atoms with Crippen LogP contribution < -0.4 is 16.0 Å². The van der Waals surface area contributed by atoms with Gasteiger partial charge >= 0.3 is 6.09 Å². The van der Waals surface area contributed by atoms with Gasteiger partial charge < -0.3 is 25.6 Å². The molecule has 2 aliphatic heterocycles. The first-order valence-electron chi connectivity index (χ1n) is 11.5. The number of alkyl carbamates (subject to hydrolysis) is 1. The van der Waals surface area contributed by atoms with Crippen molar-refractivity contribution in [3.8, 4) is 0 Å². The molecule has 0 spiro atoms. The summed E-state index contributed by atoms with van der Waals surface area (Å²) in [6.07, 6.45) is 4.07. The van der Waals surface area contributed by atoms with Gasteiger partial charge in [-0.25, -0.2) is 4.79 Å². The SMILES string of the molecule is CC(C)(C)OC(=O)NC(C(=O)N1CCCC1C1NC=C(Cc2ccccc2)N1)C(C)(C)C. The average Bonchev–Trinajstić information content (AvgIpc) is 3.33. The molecule has 3 rings (SSSR count). The highest BCUT2D eigenvalue weighted by atomic mass is 16.6. The Morgan fingerprint density at radius 3 is 2.47 bits per heavy atom. The summed E-state index contributed by atoms with van der Waals surface area (Å²) in [5.74, 6) is -0.0639. The minimum absolute atomic E-state index is 0.0114. The molecule has 1 saturated heterocycles. The van der Waals surface area contributed by atoms with E-state index in [0.717, 1.165) is 25.0 Å². The molecular weight excluding hydrogens is 404 g/mol. The Balaban J connectivity index is 1.66. The molecule has 0 saturated carbocycles. The molecule has 0 aromatic heterocycles. The minimum atomic E-state index is -0.670. The van der Waals surface area contributed by atoms with E-state index in [9.17, 15) is 9.59 Å². The molecule has 7 nitrogen and oxygen atoms in total. The Morgan fingerprint density at radius 1 is 1.16 bits per heavy atom. The lowest BCUT2D eigenvalue weighted by atomic mass is 9.85. The number of carbonyl (C=O) groups is 2. The Morgan fingerprint density at radius 2 is 1.84 bits per heavy atom. The summed E-state index contributed by atoms with van der Waals surface area (Å²) in [5.41, 5.74) is 1.28. The quantitative estimate of drug-likeness (QED) is 0.650. The lowest BCUT2D eigenvalue weighted by Crippen LogP contribution is -2.59. The molecular formula is C25H38N4O3. The van der Waals surface area contributed by atoms with Gasteiger partial charge in [-0.3, -0.25) is 4.79 Å². The number of rotatable bonds is 5. The highest BCUT2D eigenvalue weighted by molar-refractivity contribution is 5.87. The molecule has 1 fully saturated rings. The summed E-state index contributed by atoms with van der Waals surface area (Å²) < 4.78 is 5.42. The predicted octanol–water partition coefficient (Wildman–Crippen LogP) is 3.52. The van der Waals surface area contributed by atoms with Gasteiger partial charge in [0.25, 0.3) is 0 Å². The van der Waals surface area contributed by atoms with E-state index in [1.54, 1.807) is 0 Å². The second-order valence-corrected chi connectivity index (χ2v) is 10.8. The van der Waals surface area contributed by atoms with Gasteiger partial charge in [-0.1, -0.05) is 51.1 Å². The molecule has 176 valence electrons. The molecule has 32 heavy (non-hydrogen) atoms. The highest BCUT2D eigenvalue weighted by Gasteiger charge is 2.43. The largest absolute Gasteiger partial charge is 0.444 e. The highest BCUT2D eigenvalue weighted by Crippen LogP contribution is 2.28. The number of allylic oxidation sites excluding steroid dienone is 1. The summed E-state index contributed by atoms with van der Waals surface area (Å²) in [7, 11) is 0. The fourth-order valence-electron chi connectivity index (χ4n) is 4.25. The molecule has 2 aliphatic rings. The van der Waals surface area contributed by atoms with Crippen molar-refractivity contribution in [1.82, 2.24) is 20.9 Å². The van der Waals surface area contributed by atoms with Crippen LogP contribution >= 0.6 is 0 Å². The van der Waals surface area contributed by atoms with Crippen LogP contribution in [0.15, 0.2) is 42.2 Å². The van der Waals surface area contributed by atoms with Crippen LogP contribution in [0, 0.1) is 5.41 Å². The van der Waals surface area contributed by atoms with E-state index < -0.39 is 23.2 Å². The zero-order chi connectivity index (χ0) is 23.5. The molecule has 0 aliphatic carbocycles. The topological polar surface area (TPSA) is 82.7 Å². The number of carbonyl (C=O) groups excluding carboxylic acids is 2. The lowest BCUT2D eigenvalue weighted by molar-refractivity contribution is -0.137. The second kappa shape index (κ2) is 9.43. The van der Waals surface area contributed by atoms with Crippen LogP contribution in [0.1, 0.15) is 59.9 Å². The Bertz CT molecular complexity index is 839. The smallest absolute Gasteiger partial charge is 0.408 e. The van der Waals surface area contributed by atoms with Crippen LogP contribution in [-0.4, -0.2) is 47.3 Å². The van der Waals surface area contributed by atoms with Crippen molar-refractivity contribution in [2.45, 2.75) is 84.7 Å². The molecule has 1 aromatic carbocycles. The molecule has 3 unspecified atom stereocenters. The maximum absolute atomic E-state index is 13.6. The van der Waals surface area contributed by atoms with E-state index >= 15 is 0 Å². The number of nitrogens with zero attached hydrogens (tertiary/aromatic N) is 1. The summed E-state index contributed by atoms with van der Waals surface area (Å²) in [6.45, 7) is 12.0. The number of amides is 2. The number of nitrogens with one attached hydrogen (secondary N) is 3. The third-order valence-corrected chi connectivity index (χ3v) is 5.76. The van der Waals surface area contributed by atoms with E-state index in [-0.39, 0.29) is 18.1 Å². The Hall–Kier alpha value is -2.70. The molecule has 1 aromatic rings. The minimum Gasteiger partial charge on any atom is -0.444 e. The third-order valence-electron chi connectivity index (χ3n) is 5.76. The molecule has 2 amide bonds. The standard InChI is InChI=1S/C25H38N4O3/c1-24(2,3)20(28-23(31)32-25(4,5)6)22(30)29-14-10-13-19(29)21-26-16-18(27-21)15-17-11-8-7-9-12-17/h7-9,11-12,16,19-21,26-27H,10,13-15H2,1-6H3,(H,28,31). The van der Waals surface area contributed by atoms with E-state index in [0.29, 0.717) is 6.54 Å². The van der Waals surface area contributed by atoms with E-state index in [4.69, 9.17) is 4.74 Å². The fourth-order valence-corrected chi connectivity index (χ4v) is 4.25. The number of likely N-dealkylation sites (tertiary alicyclic amines) is 1. The van der Waals surface area contributed by atoms with Crippen LogP contribution in [0.4, 0.5) is 4.79 Å². The zero-order valence-electron chi connectivity index (χ0n) is 20.2. The number of hydrogen-bond donors (Lipinski definition) is 3. The number of benzene rings is 1. The maximum atomic E-state index is 13.6. The second-order valence-electron chi connectivity index (χ2n) is 10.8. The van der Waals surface area contributed by atoms with Gasteiger partial charge in [0.1, 0.15) is 17.8 Å². The van der Waals surface area contributed by atoms with E-state index in [2.05, 4.69) is 28.1 Å². The van der Waals surface area contributed by atoms with Gasteiger partial charge in [-0.15, -0.1) is 0 Å². The van der Waals surface area contributed by atoms with Crippen molar-refractivity contribution in [2.75, 3.05) is 6.54 Å². The summed E-state index contributed by atoms with van der Waals surface area (Å²) >= 11 is 0. The third kappa shape index (κ3) is 6.17. The fraction of sp³-hybridized carbons (Fsp3) is 0.600. The van der Waals surface area contributed by atoms with Crippen molar-refractivity contribution in [1.29, 1.82) is 0 Å². The van der Waals surface area contributed by atoms with Crippen LogP contribution in [0.25, 0.3) is 0 Å². The van der Waals surface area contributed by atoms with Gasteiger partial charge in [0.2, 0.25) is 5.91 Å². The molecule has 0 radical (unpaired) electrons. The first-order valence-corrected chi connectivity index (χ1v) is 11.5. The molecule has 7 heteroatoms. The number of hydrogen-bond acceptors (Lipinski definition) is 5. The Labute approximate surface area is 192 Å². The predicted molar refractivity (Wildman–Crippen MR) is 126 cm³/mol. The van der Waals surface area contributed by atoms with Crippen LogP contribution in [0.5, 0.6) is 0 Å². The van der Waals surface area contributed by atoms with Crippen molar-refractivity contribution in [3.63, 3.8) is 0 Å². The van der Waals surface area contributed by atoms with Crippen LogP contribution in [0.3, 0.4) is 0 Å². The molecule has 3 atom stereocenters. The zero-order valence-corrected chi connectivity index (χ0v) is 20.2. The maximum Gasteiger partial charge on any atom is 0.408 e. The normalized spacial score (nSPS) is 21.9. The first kappa shape index (κ1) is 24.0. The lowest BCUT2D eigenvalue weighted by Gasteiger charge is -2.37. The molecule has 3 N–H and O–H groups in total. The summed E-state index contributed by atoms with van der Waals surface area (Å²) in [6, 6.07) is 9.65. The van der Waals surface area contributed by atoms with E-state index in [1.807, 2.05) is 70.8 Å². The Kier molecular flexibility index (Phi) is 7.06. The monoisotopic (exact) mass is 442 g/mol. The molecule has 0 bridgehead atoms. The van der Waals surface area contributed by atoms with Gasteiger partial charge in [0, 0.05) is 24.9 Å². The van der Waals surface area contributed by atoms with Gasteiger partial charge in [0.05, 0.1) is 6.04 Å². The van der Waals surface area contributed by atoms with Crippen molar-refractivity contribution in [2.24, 2.45) is 5.41 Å². The van der Waals surface area contributed by atoms with Gasteiger partial charge in [-0.05, 0) is 44.6 Å². The summed E-state index contributed by atoms with van der Waals surface area (Å²) in [5, 5.41) is 9.82. The average molecular weight is 443 g/mol. The van der Waals surface area contributed by atoms with Crippen molar-refractivity contribution >= 4 is 12.0 Å². The first-order chi connectivity index (χ1) is 14.9. The summed E-state index contributed by atoms with van der Waals surface area (Å²) in [4.78, 5) is 28.0. The van der Waals surface area contributed by atoms with Crippen LogP contribution in [-0.2, 0) is 16.0 Å². The van der Waals surface area contributed by atoms with Crippen molar-refractivity contribution < 1.29 is 14.3 Å². The number of ether oxygens (including phenoxy) is 1. The van der Waals surface area contributed by atoms with Gasteiger partial charge in [-0.2, -0.15) is 0 Å². The van der Waals surface area contributed by atoms with Gasteiger partial charge in [0.15, 0.2) is 0 Å². The van der Waals surface area contributed by atoms with E-state index in [1.165, 1.54) is 5.56 Å². The van der Waals surface area contributed by atoms with Crippen LogP contribution in [0.2, 0.25) is 0 Å². The molecule has 2 heterocycles. The van der Waals surface area contributed by atoms with Crippen molar-refractivity contribution in [3.05, 3.63) is 47.8 Å².